The molecule has 100 valence electrons. The Bertz CT molecular complexity index is 513. The second-order valence-electron chi connectivity index (χ2n) is 4.95. The summed E-state index contributed by atoms with van der Waals surface area (Å²) in [7, 11) is -2.90. The van der Waals surface area contributed by atoms with Gasteiger partial charge in [0.15, 0.2) is 0 Å². The van der Waals surface area contributed by atoms with Crippen LogP contribution in [0, 0.1) is 0 Å². The average molecular weight is 285 g/mol. The van der Waals surface area contributed by atoms with Crippen molar-refractivity contribution in [1.82, 2.24) is 5.32 Å². The summed E-state index contributed by atoms with van der Waals surface area (Å²) >= 11 is 1.88. The molecule has 1 heterocycles. The molecule has 0 aliphatic carbocycles. The average Bonchev–Trinajstić information content (AvgIpc) is 2.67. The highest BCUT2D eigenvalue weighted by Crippen LogP contribution is 2.38. The molecule has 0 spiro atoms. The van der Waals surface area contributed by atoms with Crippen LogP contribution in [0.2, 0.25) is 0 Å². The molecule has 5 heteroatoms. The minimum atomic E-state index is -2.90. The fourth-order valence-corrected chi connectivity index (χ4v) is 4.54. The number of fused-ring (bicyclic) bond motifs is 1. The van der Waals surface area contributed by atoms with Gasteiger partial charge in [-0.05, 0) is 18.6 Å². The Labute approximate surface area is 113 Å². The summed E-state index contributed by atoms with van der Waals surface area (Å²) in [5.41, 5.74) is 1.39. The SMILES string of the molecule is CC(CS(C)(=O)=O)NCC1CSc2ccccc21. The van der Waals surface area contributed by atoms with Crippen LogP contribution in [0.15, 0.2) is 29.2 Å². The van der Waals surface area contributed by atoms with E-state index >= 15 is 0 Å². The van der Waals surface area contributed by atoms with Crippen molar-refractivity contribution >= 4 is 21.6 Å². The minimum absolute atomic E-state index is 0.0118. The van der Waals surface area contributed by atoms with Crippen LogP contribution in [-0.2, 0) is 9.84 Å². The van der Waals surface area contributed by atoms with E-state index in [1.807, 2.05) is 18.7 Å². The van der Waals surface area contributed by atoms with Crippen molar-refractivity contribution in [3.05, 3.63) is 29.8 Å². The zero-order chi connectivity index (χ0) is 13.2. The van der Waals surface area contributed by atoms with Crippen LogP contribution in [0.25, 0.3) is 0 Å². The van der Waals surface area contributed by atoms with Crippen LogP contribution in [0.3, 0.4) is 0 Å². The first-order chi connectivity index (χ1) is 8.46. The van der Waals surface area contributed by atoms with E-state index in [2.05, 4.69) is 29.6 Å². The molecule has 0 aromatic heterocycles. The maximum atomic E-state index is 11.2. The second-order valence-corrected chi connectivity index (χ2v) is 8.19. The highest BCUT2D eigenvalue weighted by Gasteiger charge is 2.23. The van der Waals surface area contributed by atoms with Crippen molar-refractivity contribution in [1.29, 1.82) is 0 Å². The van der Waals surface area contributed by atoms with Crippen molar-refractivity contribution in [2.24, 2.45) is 0 Å². The smallest absolute Gasteiger partial charge is 0.148 e. The molecular weight excluding hydrogens is 266 g/mol. The zero-order valence-corrected chi connectivity index (χ0v) is 12.4. The standard InChI is InChI=1S/C13H19NO2S2/c1-10(9-18(2,15)16)14-7-11-8-17-13-6-4-3-5-12(11)13/h3-6,10-11,14H,7-9H2,1-2H3. The Kier molecular flexibility index (Phi) is 4.35. The fraction of sp³-hybridized carbons (Fsp3) is 0.538. The van der Waals surface area contributed by atoms with Gasteiger partial charge < -0.3 is 5.32 Å². The number of nitrogens with one attached hydrogen (secondary N) is 1. The first kappa shape index (κ1) is 13.9. The topological polar surface area (TPSA) is 46.2 Å². The maximum Gasteiger partial charge on any atom is 0.148 e. The predicted octanol–water partition coefficient (Wildman–Crippen LogP) is 1.90. The van der Waals surface area contributed by atoms with Crippen LogP contribution in [0.5, 0.6) is 0 Å². The lowest BCUT2D eigenvalue weighted by molar-refractivity contribution is 0.539. The van der Waals surface area contributed by atoms with E-state index in [1.54, 1.807) is 0 Å². The lowest BCUT2D eigenvalue weighted by Crippen LogP contribution is -2.35. The van der Waals surface area contributed by atoms with Crippen LogP contribution in [0.4, 0.5) is 0 Å². The van der Waals surface area contributed by atoms with E-state index in [1.165, 1.54) is 16.7 Å². The molecule has 2 rings (SSSR count). The summed E-state index contributed by atoms with van der Waals surface area (Å²) in [4.78, 5) is 1.36. The summed E-state index contributed by atoms with van der Waals surface area (Å²) in [6.45, 7) is 2.77. The highest BCUT2D eigenvalue weighted by molar-refractivity contribution is 7.99. The summed E-state index contributed by atoms with van der Waals surface area (Å²) in [6.07, 6.45) is 1.28. The molecule has 0 bridgehead atoms. The summed E-state index contributed by atoms with van der Waals surface area (Å²) in [5.74, 6) is 1.78. The number of rotatable bonds is 5. The number of hydrogen-bond acceptors (Lipinski definition) is 4. The fourth-order valence-electron chi connectivity index (χ4n) is 2.25. The molecular formula is C13H19NO2S2. The number of sulfone groups is 1. The quantitative estimate of drug-likeness (QED) is 0.897. The number of thioether (sulfide) groups is 1. The third kappa shape index (κ3) is 3.73. The van der Waals surface area contributed by atoms with Crippen LogP contribution >= 0.6 is 11.8 Å². The molecule has 1 aromatic rings. The molecule has 2 unspecified atom stereocenters. The van der Waals surface area contributed by atoms with Gasteiger partial charge in [0.1, 0.15) is 9.84 Å². The first-order valence-electron chi connectivity index (χ1n) is 6.08. The molecule has 0 radical (unpaired) electrons. The Hall–Kier alpha value is -0.520. The molecule has 0 saturated carbocycles. The lowest BCUT2D eigenvalue weighted by atomic mass is 10.0. The summed E-state index contributed by atoms with van der Waals surface area (Å²) in [5, 5.41) is 3.33. The zero-order valence-electron chi connectivity index (χ0n) is 10.7. The molecule has 0 amide bonds. The molecule has 18 heavy (non-hydrogen) atoms. The van der Waals surface area contributed by atoms with Gasteiger partial charge in [0.25, 0.3) is 0 Å². The molecule has 0 fully saturated rings. The summed E-state index contributed by atoms with van der Waals surface area (Å²) in [6, 6.07) is 8.46. The van der Waals surface area contributed by atoms with Gasteiger partial charge in [-0.1, -0.05) is 18.2 Å². The molecule has 1 aliphatic rings. The Morgan fingerprint density at radius 1 is 1.44 bits per heavy atom. The van der Waals surface area contributed by atoms with E-state index < -0.39 is 9.84 Å². The summed E-state index contributed by atoms with van der Waals surface area (Å²) < 4.78 is 22.4. The third-order valence-corrected chi connectivity index (χ3v) is 5.42. The van der Waals surface area contributed by atoms with E-state index in [-0.39, 0.29) is 11.8 Å². The molecule has 2 atom stereocenters. The lowest BCUT2D eigenvalue weighted by Gasteiger charge is -2.16. The monoisotopic (exact) mass is 285 g/mol. The highest BCUT2D eigenvalue weighted by atomic mass is 32.2. The van der Waals surface area contributed by atoms with Crippen molar-refractivity contribution in [3.63, 3.8) is 0 Å². The van der Waals surface area contributed by atoms with E-state index in [4.69, 9.17) is 0 Å². The Morgan fingerprint density at radius 3 is 2.89 bits per heavy atom. The van der Waals surface area contributed by atoms with Crippen LogP contribution < -0.4 is 5.32 Å². The molecule has 1 aliphatic heterocycles. The van der Waals surface area contributed by atoms with E-state index in [9.17, 15) is 8.42 Å². The molecule has 1 N–H and O–H groups in total. The van der Waals surface area contributed by atoms with Gasteiger partial charge in [-0.3, -0.25) is 0 Å². The van der Waals surface area contributed by atoms with Crippen molar-refractivity contribution in [2.45, 2.75) is 23.8 Å². The van der Waals surface area contributed by atoms with Gasteiger partial charge in [-0.15, -0.1) is 11.8 Å². The normalized spacial score (nSPS) is 20.7. The molecule has 3 nitrogen and oxygen atoms in total. The second kappa shape index (κ2) is 5.63. The van der Waals surface area contributed by atoms with Crippen molar-refractivity contribution in [2.75, 3.05) is 24.3 Å². The first-order valence-corrected chi connectivity index (χ1v) is 9.13. The van der Waals surface area contributed by atoms with Crippen LogP contribution in [0.1, 0.15) is 18.4 Å². The van der Waals surface area contributed by atoms with Gasteiger partial charge >= 0.3 is 0 Å². The Balaban J connectivity index is 1.89. The minimum Gasteiger partial charge on any atom is -0.313 e. The van der Waals surface area contributed by atoms with Gasteiger partial charge in [0.05, 0.1) is 5.75 Å². The number of benzene rings is 1. The van der Waals surface area contributed by atoms with E-state index in [0.29, 0.717) is 5.92 Å². The maximum absolute atomic E-state index is 11.2. The predicted molar refractivity (Wildman–Crippen MR) is 77.1 cm³/mol. The largest absolute Gasteiger partial charge is 0.313 e. The van der Waals surface area contributed by atoms with Crippen molar-refractivity contribution < 1.29 is 8.42 Å². The van der Waals surface area contributed by atoms with E-state index in [0.717, 1.165) is 12.3 Å². The van der Waals surface area contributed by atoms with Gasteiger partial charge in [0, 0.05) is 35.4 Å². The van der Waals surface area contributed by atoms with Crippen molar-refractivity contribution in [3.8, 4) is 0 Å². The van der Waals surface area contributed by atoms with Gasteiger partial charge in [-0.25, -0.2) is 8.42 Å². The van der Waals surface area contributed by atoms with Crippen LogP contribution in [-0.4, -0.2) is 38.8 Å². The third-order valence-electron chi connectivity index (χ3n) is 3.06. The van der Waals surface area contributed by atoms with Gasteiger partial charge in [-0.2, -0.15) is 0 Å². The Morgan fingerprint density at radius 2 is 2.17 bits per heavy atom. The molecule has 1 aromatic carbocycles. The van der Waals surface area contributed by atoms with Gasteiger partial charge in [0.2, 0.25) is 0 Å². The number of hydrogen-bond donors (Lipinski definition) is 1. The molecule has 0 saturated heterocycles.